The quantitative estimate of drug-likeness (QED) is 0.908. The van der Waals surface area contributed by atoms with Gasteiger partial charge in [0.15, 0.2) is 9.84 Å². The minimum atomic E-state index is -3.10. The summed E-state index contributed by atoms with van der Waals surface area (Å²) in [5.41, 5.74) is 1.01. The number of nitrogens with one attached hydrogen (secondary N) is 1. The van der Waals surface area contributed by atoms with Crippen molar-refractivity contribution in [3.05, 3.63) is 29.8 Å². The Morgan fingerprint density at radius 3 is 2.45 bits per heavy atom. The fourth-order valence-electron chi connectivity index (χ4n) is 3.05. The van der Waals surface area contributed by atoms with Gasteiger partial charge in [0.2, 0.25) is 0 Å². The van der Waals surface area contributed by atoms with Crippen LogP contribution in [0.15, 0.2) is 29.2 Å². The average Bonchev–Trinajstić information content (AvgIpc) is 2.62. The minimum absolute atomic E-state index is 0.113. The summed E-state index contributed by atoms with van der Waals surface area (Å²) in [6.07, 6.45) is 0. The summed E-state index contributed by atoms with van der Waals surface area (Å²) in [5, 5.41) is 3.47. The van der Waals surface area contributed by atoms with Crippen LogP contribution in [-0.2, 0) is 9.84 Å². The van der Waals surface area contributed by atoms with Gasteiger partial charge in [0.1, 0.15) is 0 Å². The van der Waals surface area contributed by atoms with Gasteiger partial charge in [0.25, 0.3) is 0 Å². The van der Waals surface area contributed by atoms with E-state index in [-0.39, 0.29) is 11.7 Å². The molecule has 1 aliphatic heterocycles. The van der Waals surface area contributed by atoms with E-state index in [0.29, 0.717) is 22.8 Å². The van der Waals surface area contributed by atoms with Gasteiger partial charge < -0.3 is 5.32 Å². The summed E-state index contributed by atoms with van der Waals surface area (Å²) in [5.74, 6) is 1.17. The minimum Gasteiger partial charge on any atom is -0.314 e. The second-order valence-electron chi connectivity index (χ2n) is 6.40. The molecule has 1 heterocycles. The Balaban J connectivity index is 2.32. The summed E-state index contributed by atoms with van der Waals surface area (Å²) in [6.45, 7) is 9.47. The standard InChI is InChI=1S/C16H25NO2S/c1-11(2)14(9-17-12(3)4)15-10-20(18,19)16-8-6-5-7-13(15)16/h5-8,11-12,14-15,17H,9-10H2,1-4H3. The SMILES string of the molecule is CC(C)NCC(C(C)C)C1CS(=O)(=O)c2ccccc21. The van der Waals surface area contributed by atoms with Gasteiger partial charge in [-0.05, 0) is 30.0 Å². The van der Waals surface area contributed by atoms with Crippen molar-refractivity contribution in [3.63, 3.8) is 0 Å². The molecule has 0 radical (unpaired) electrons. The van der Waals surface area contributed by atoms with E-state index < -0.39 is 9.84 Å². The first-order valence-electron chi connectivity index (χ1n) is 7.38. The maximum atomic E-state index is 12.3. The van der Waals surface area contributed by atoms with Crippen molar-refractivity contribution in [1.82, 2.24) is 5.32 Å². The van der Waals surface area contributed by atoms with E-state index in [1.165, 1.54) is 0 Å². The molecule has 0 aromatic heterocycles. The van der Waals surface area contributed by atoms with E-state index in [1.807, 2.05) is 18.2 Å². The van der Waals surface area contributed by atoms with Crippen LogP contribution in [0.2, 0.25) is 0 Å². The zero-order valence-electron chi connectivity index (χ0n) is 12.8. The molecule has 2 unspecified atom stereocenters. The second-order valence-corrected chi connectivity index (χ2v) is 8.40. The monoisotopic (exact) mass is 295 g/mol. The Bertz CT molecular complexity index is 564. The van der Waals surface area contributed by atoms with E-state index in [2.05, 4.69) is 33.0 Å². The molecule has 112 valence electrons. The van der Waals surface area contributed by atoms with Crippen molar-refractivity contribution in [2.45, 2.75) is 44.6 Å². The molecular weight excluding hydrogens is 270 g/mol. The number of rotatable bonds is 5. The molecule has 2 rings (SSSR count). The van der Waals surface area contributed by atoms with Crippen LogP contribution in [0, 0.1) is 11.8 Å². The van der Waals surface area contributed by atoms with E-state index in [9.17, 15) is 8.42 Å². The van der Waals surface area contributed by atoms with Crippen LogP contribution in [0.3, 0.4) is 0 Å². The first kappa shape index (κ1) is 15.5. The molecule has 20 heavy (non-hydrogen) atoms. The maximum Gasteiger partial charge on any atom is 0.179 e. The molecule has 1 aliphatic rings. The predicted octanol–water partition coefficient (Wildman–Crippen LogP) is 2.83. The summed E-state index contributed by atoms with van der Waals surface area (Å²) in [4.78, 5) is 0.542. The van der Waals surface area contributed by atoms with E-state index in [0.717, 1.165) is 12.1 Å². The fraction of sp³-hybridized carbons (Fsp3) is 0.625. The van der Waals surface area contributed by atoms with Crippen LogP contribution in [0.4, 0.5) is 0 Å². The van der Waals surface area contributed by atoms with E-state index >= 15 is 0 Å². The second kappa shape index (κ2) is 5.86. The van der Waals surface area contributed by atoms with Crippen LogP contribution in [0.5, 0.6) is 0 Å². The Labute approximate surface area is 122 Å². The Hall–Kier alpha value is -0.870. The van der Waals surface area contributed by atoms with Crippen LogP contribution in [0.25, 0.3) is 0 Å². The topological polar surface area (TPSA) is 46.2 Å². The molecule has 0 amide bonds. The number of hydrogen-bond acceptors (Lipinski definition) is 3. The van der Waals surface area contributed by atoms with Crippen molar-refractivity contribution >= 4 is 9.84 Å². The van der Waals surface area contributed by atoms with Crippen LogP contribution >= 0.6 is 0 Å². The normalized spacial score (nSPS) is 22.2. The average molecular weight is 295 g/mol. The molecule has 0 saturated heterocycles. The van der Waals surface area contributed by atoms with Crippen molar-refractivity contribution in [2.75, 3.05) is 12.3 Å². The highest BCUT2D eigenvalue weighted by molar-refractivity contribution is 7.91. The highest BCUT2D eigenvalue weighted by atomic mass is 32.2. The third-order valence-corrected chi connectivity index (χ3v) is 6.03. The molecule has 3 nitrogen and oxygen atoms in total. The summed E-state index contributed by atoms with van der Waals surface area (Å²) in [6, 6.07) is 7.91. The summed E-state index contributed by atoms with van der Waals surface area (Å²) in [7, 11) is -3.10. The number of fused-ring (bicyclic) bond motifs is 1. The Morgan fingerprint density at radius 1 is 1.20 bits per heavy atom. The third kappa shape index (κ3) is 3.07. The lowest BCUT2D eigenvalue weighted by molar-refractivity contribution is 0.310. The molecule has 0 saturated carbocycles. The van der Waals surface area contributed by atoms with E-state index in [4.69, 9.17) is 0 Å². The highest BCUT2D eigenvalue weighted by Gasteiger charge is 2.39. The Morgan fingerprint density at radius 2 is 1.85 bits per heavy atom. The zero-order chi connectivity index (χ0) is 14.9. The summed E-state index contributed by atoms with van der Waals surface area (Å²) < 4.78 is 24.6. The van der Waals surface area contributed by atoms with Gasteiger partial charge in [-0.1, -0.05) is 45.9 Å². The highest BCUT2D eigenvalue weighted by Crippen LogP contribution is 2.41. The van der Waals surface area contributed by atoms with Crippen molar-refractivity contribution in [1.29, 1.82) is 0 Å². The van der Waals surface area contributed by atoms with E-state index in [1.54, 1.807) is 6.07 Å². The third-order valence-electron chi connectivity index (χ3n) is 4.19. The zero-order valence-corrected chi connectivity index (χ0v) is 13.6. The lowest BCUT2D eigenvalue weighted by Crippen LogP contribution is -2.35. The number of hydrogen-bond donors (Lipinski definition) is 1. The molecule has 1 N–H and O–H groups in total. The molecule has 0 spiro atoms. The van der Waals surface area contributed by atoms with Gasteiger partial charge >= 0.3 is 0 Å². The smallest absolute Gasteiger partial charge is 0.179 e. The van der Waals surface area contributed by atoms with Crippen molar-refractivity contribution < 1.29 is 8.42 Å². The molecule has 0 fully saturated rings. The molecule has 4 heteroatoms. The first-order valence-corrected chi connectivity index (χ1v) is 9.03. The van der Waals surface area contributed by atoms with Crippen molar-refractivity contribution in [3.8, 4) is 0 Å². The Kier molecular flexibility index (Phi) is 4.55. The van der Waals surface area contributed by atoms with Crippen molar-refractivity contribution in [2.24, 2.45) is 11.8 Å². The molecule has 0 aliphatic carbocycles. The lowest BCUT2D eigenvalue weighted by atomic mass is 9.80. The summed E-state index contributed by atoms with van der Waals surface area (Å²) >= 11 is 0. The number of benzene rings is 1. The van der Waals surface area contributed by atoms with Gasteiger partial charge in [0, 0.05) is 12.0 Å². The van der Waals surface area contributed by atoms with Gasteiger partial charge in [0.05, 0.1) is 10.6 Å². The largest absolute Gasteiger partial charge is 0.314 e. The van der Waals surface area contributed by atoms with Gasteiger partial charge in [-0.2, -0.15) is 0 Å². The fourth-order valence-corrected chi connectivity index (χ4v) is 5.00. The molecule has 1 aromatic carbocycles. The first-order chi connectivity index (χ1) is 9.33. The lowest BCUT2D eigenvalue weighted by Gasteiger charge is -2.28. The number of sulfone groups is 1. The predicted molar refractivity (Wildman–Crippen MR) is 82.7 cm³/mol. The van der Waals surface area contributed by atoms with Crippen LogP contribution in [0.1, 0.15) is 39.2 Å². The van der Waals surface area contributed by atoms with Gasteiger partial charge in [-0.25, -0.2) is 8.42 Å². The van der Waals surface area contributed by atoms with Crippen LogP contribution in [-0.4, -0.2) is 26.8 Å². The molecule has 0 bridgehead atoms. The van der Waals surface area contributed by atoms with Gasteiger partial charge in [-0.15, -0.1) is 0 Å². The van der Waals surface area contributed by atoms with Gasteiger partial charge in [-0.3, -0.25) is 0 Å². The molecule has 1 aromatic rings. The molecule has 2 atom stereocenters. The maximum absolute atomic E-state index is 12.3. The van der Waals surface area contributed by atoms with Crippen LogP contribution < -0.4 is 5.32 Å². The molecular formula is C16H25NO2S.